The van der Waals surface area contributed by atoms with Gasteiger partial charge in [-0.3, -0.25) is 4.99 Å². The maximum absolute atomic E-state index is 5.87. The van der Waals surface area contributed by atoms with Crippen molar-refractivity contribution in [3.8, 4) is 0 Å². The Labute approximate surface area is 93.0 Å². The number of hydrogen-bond donors (Lipinski definition) is 1. The first-order valence-corrected chi connectivity index (χ1v) is 4.74. The minimum atomic E-state index is 0.507. The fraction of sp³-hybridized carbons (Fsp3) is 0.100. The molecule has 1 aromatic rings. The average Bonchev–Trinajstić information content (AvgIpc) is 2.19. The summed E-state index contributed by atoms with van der Waals surface area (Å²) in [5, 5.41) is 1.04. The largest absolute Gasteiger partial charge is 0.404 e. The number of aliphatic imine (C=N–C) groups is 1. The van der Waals surface area contributed by atoms with Crippen LogP contribution in [0.4, 0.5) is 0 Å². The van der Waals surface area contributed by atoms with Crippen LogP contribution in [0.3, 0.4) is 0 Å². The van der Waals surface area contributed by atoms with Gasteiger partial charge >= 0.3 is 0 Å². The number of benzene rings is 1. The van der Waals surface area contributed by atoms with Crippen LogP contribution >= 0.6 is 23.2 Å². The van der Waals surface area contributed by atoms with Gasteiger partial charge in [-0.25, -0.2) is 0 Å². The Bertz CT molecular complexity index is 384. The van der Waals surface area contributed by atoms with Crippen LogP contribution in [-0.2, 0) is 0 Å². The number of nitrogens with two attached hydrogens (primary N) is 1. The van der Waals surface area contributed by atoms with Gasteiger partial charge in [-0.1, -0.05) is 29.3 Å². The summed E-state index contributed by atoms with van der Waals surface area (Å²) in [7, 11) is 1.68. The highest BCUT2D eigenvalue weighted by Crippen LogP contribution is 2.25. The van der Waals surface area contributed by atoms with Crippen LogP contribution in [-0.4, -0.2) is 13.3 Å². The zero-order valence-electron chi connectivity index (χ0n) is 7.67. The first kappa shape index (κ1) is 11.1. The zero-order valence-corrected chi connectivity index (χ0v) is 9.18. The molecule has 0 radical (unpaired) electrons. The summed E-state index contributed by atoms with van der Waals surface area (Å²) in [6, 6.07) is 5.32. The van der Waals surface area contributed by atoms with Crippen molar-refractivity contribution in [2.75, 3.05) is 7.05 Å². The first-order chi connectivity index (χ1) is 6.69. The molecule has 0 aliphatic heterocycles. The van der Waals surface area contributed by atoms with Crippen molar-refractivity contribution in [2.45, 2.75) is 0 Å². The van der Waals surface area contributed by atoms with Gasteiger partial charge in [0.2, 0.25) is 0 Å². The summed E-state index contributed by atoms with van der Waals surface area (Å²) in [4.78, 5) is 3.89. The monoisotopic (exact) mass is 228 g/mol. The van der Waals surface area contributed by atoms with E-state index in [0.29, 0.717) is 10.0 Å². The van der Waals surface area contributed by atoms with Crippen LogP contribution in [0.15, 0.2) is 29.4 Å². The van der Waals surface area contributed by atoms with Crippen molar-refractivity contribution in [2.24, 2.45) is 10.7 Å². The van der Waals surface area contributed by atoms with E-state index in [1.165, 1.54) is 6.20 Å². The Morgan fingerprint density at radius 2 is 2.07 bits per heavy atom. The molecule has 1 aromatic carbocycles. The van der Waals surface area contributed by atoms with Crippen LogP contribution in [0.1, 0.15) is 5.56 Å². The molecular formula is C10H10Cl2N2. The number of nitrogens with zero attached hydrogens (tertiary/aromatic N) is 1. The van der Waals surface area contributed by atoms with Crippen molar-refractivity contribution in [1.82, 2.24) is 0 Å². The molecule has 0 aromatic heterocycles. The highest BCUT2D eigenvalue weighted by Gasteiger charge is 2.02. The van der Waals surface area contributed by atoms with Gasteiger partial charge in [-0.05, 0) is 17.7 Å². The lowest BCUT2D eigenvalue weighted by atomic mass is 10.1. The van der Waals surface area contributed by atoms with E-state index in [0.717, 1.165) is 11.1 Å². The van der Waals surface area contributed by atoms with Crippen LogP contribution in [0.2, 0.25) is 10.0 Å². The Balaban J connectivity index is 3.13. The van der Waals surface area contributed by atoms with Crippen molar-refractivity contribution >= 4 is 35.0 Å². The van der Waals surface area contributed by atoms with E-state index >= 15 is 0 Å². The van der Waals surface area contributed by atoms with E-state index in [4.69, 9.17) is 28.9 Å². The summed E-state index contributed by atoms with van der Waals surface area (Å²) >= 11 is 11.7. The molecule has 2 N–H and O–H groups in total. The van der Waals surface area contributed by atoms with Crippen molar-refractivity contribution in [3.63, 3.8) is 0 Å². The fourth-order valence-corrected chi connectivity index (χ4v) is 1.33. The fourth-order valence-electron chi connectivity index (χ4n) is 1.03. The molecule has 2 nitrogen and oxygen atoms in total. The molecular weight excluding hydrogens is 219 g/mol. The summed E-state index contributed by atoms with van der Waals surface area (Å²) in [5.41, 5.74) is 7.16. The minimum Gasteiger partial charge on any atom is -0.404 e. The van der Waals surface area contributed by atoms with Gasteiger partial charge in [-0.2, -0.15) is 0 Å². The van der Waals surface area contributed by atoms with Gasteiger partial charge < -0.3 is 5.73 Å². The van der Waals surface area contributed by atoms with Crippen LogP contribution in [0.5, 0.6) is 0 Å². The molecule has 0 aliphatic carbocycles. The summed E-state index contributed by atoms with van der Waals surface area (Å²) in [6.07, 6.45) is 3.14. The maximum Gasteiger partial charge on any atom is 0.0598 e. The molecule has 0 heterocycles. The van der Waals surface area contributed by atoms with Gasteiger partial charge in [0.05, 0.1) is 10.0 Å². The predicted molar refractivity (Wildman–Crippen MR) is 63.0 cm³/mol. The van der Waals surface area contributed by atoms with E-state index < -0.39 is 0 Å². The molecule has 14 heavy (non-hydrogen) atoms. The van der Waals surface area contributed by atoms with Crippen LogP contribution < -0.4 is 5.73 Å². The minimum absolute atomic E-state index is 0.507. The first-order valence-electron chi connectivity index (χ1n) is 3.98. The summed E-state index contributed by atoms with van der Waals surface area (Å²) < 4.78 is 0. The Morgan fingerprint density at radius 3 is 2.57 bits per heavy atom. The average molecular weight is 229 g/mol. The highest BCUT2D eigenvalue weighted by atomic mass is 35.5. The van der Waals surface area contributed by atoms with Gasteiger partial charge in [0, 0.05) is 25.0 Å². The Kier molecular flexibility index (Phi) is 3.98. The number of halogens is 2. The quantitative estimate of drug-likeness (QED) is 0.777. The van der Waals surface area contributed by atoms with Crippen molar-refractivity contribution < 1.29 is 0 Å². The maximum atomic E-state index is 5.87. The van der Waals surface area contributed by atoms with E-state index in [-0.39, 0.29) is 0 Å². The molecule has 74 valence electrons. The Hall–Kier alpha value is -0.990. The molecule has 4 heteroatoms. The molecule has 0 saturated carbocycles. The van der Waals surface area contributed by atoms with Gasteiger partial charge in [0.15, 0.2) is 0 Å². The lowest BCUT2D eigenvalue weighted by molar-refractivity contribution is 1.47. The molecule has 0 fully saturated rings. The normalized spacial score (nSPS) is 12.4. The third-order valence-corrected chi connectivity index (χ3v) is 2.44. The van der Waals surface area contributed by atoms with E-state index in [9.17, 15) is 0 Å². The van der Waals surface area contributed by atoms with Crippen molar-refractivity contribution in [1.29, 1.82) is 0 Å². The van der Waals surface area contributed by atoms with Gasteiger partial charge in [0.25, 0.3) is 0 Å². The standard InChI is InChI=1S/C10H10Cl2N2/c1-14-6-8(5-13)7-2-3-9(11)10(12)4-7/h2-6H,13H2,1H3/b8-5+,14-6?. The predicted octanol–water partition coefficient (Wildman–Crippen LogP) is 2.99. The van der Waals surface area contributed by atoms with Crippen molar-refractivity contribution in [3.05, 3.63) is 40.0 Å². The van der Waals surface area contributed by atoms with Gasteiger partial charge in [-0.15, -0.1) is 0 Å². The lowest BCUT2D eigenvalue weighted by Crippen LogP contribution is -1.91. The second kappa shape index (κ2) is 5.03. The molecule has 0 bridgehead atoms. The van der Waals surface area contributed by atoms with Crippen LogP contribution in [0.25, 0.3) is 5.57 Å². The molecule has 1 rings (SSSR count). The summed E-state index contributed by atoms with van der Waals surface area (Å²) in [6.45, 7) is 0. The second-order valence-corrected chi connectivity index (χ2v) is 3.45. The number of allylic oxidation sites excluding steroid dienone is 1. The van der Waals surface area contributed by atoms with Crippen LogP contribution in [0, 0.1) is 0 Å². The molecule has 0 saturated heterocycles. The van der Waals surface area contributed by atoms with E-state index in [2.05, 4.69) is 4.99 Å². The molecule has 0 atom stereocenters. The molecule has 0 unspecified atom stereocenters. The second-order valence-electron chi connectivity index (χ2n) is 2.64. The smallest absolute Gasteiger partial charge is 0.0598 e. The number of rotatable bonds is 2. The van der Waals surface area contributed by atoms with E-state index in [1.807, 2.05) is 6.07 Å². The topological polar surface area (TPSA) is 38.4 Å². The molecule has 0 aliphatic rings. The van der Waals surface area contributed by atoms with E-state index in [1.54, 1.807) is 25.4 Å². The summed E-state index contributed by atoms with van der Waals surface area (Å²) in [5.74, 6) is 0. The SMILES string of the molecule is CN=C/C(=C\N)c1ccc(Cl)c(Cl)c1. The number of hydrogen-bond acceptors (Lipinski definition) is 2. The molecule has 0 spiro atoms. The lowest BCUT2D eigenvalue weighted by Gasteiger charge is -2.02. The third-order valence-electron chi connectivity index (χ3n) is 1.70. The zero-order chi connectivity index (χ0) is 10.6. The Morgan fingerprint density at radius 1 is 1.36 bits per heavy atom. The molecule has 0 amide bonds. The highest BCUT2D eigenvalue weighted by molar-refractivity contribution is 6.42. The van der Waals surface area contributed by atoms with Gasteiger partial charge in [0.1, 0.15) is 0 Å². The third kappa shape index (κ3) is 2.50.